The minimum Gasteiger partial charge on any atom is -0.488 e. The number of benzene rings is 2. The van der Waals surface area contributed by atoms with Crippen molar-refractivity contribution in [2.24, 2.45) is 0 Å². The zero-order chi connectivity index (χ0) is 20.1. The van der Waals surface area contributed by atoms with Gasteiger partial charge in [-0.15, -0.1) is 0 Å². The molecule has 7 nitrogen and oxygen atoms in total. The fourth-order valence-electron chi connectivity index (χ4n) is 2.79. The van der Waals surface area contributed by atoms with Crippen LogP contribution < -0.4 is 10.1 Å². The molecule has 1 aliphatic rings. The van der Waals surface area contributed by atoms with E-state index >= 15 is 0 Å². The fourth-order valence-corrected chi connectivity index (χ4v) is 2.79. The molecule has 0 spiro atoms. The molecule has 0 bridgehead atoms. The van der Waals surface area contributed by atoms with Crippen LogP contribution in [0, 0.1) is 0 Å². The molecule has 7 heteroatoms. The first kappa shape index (κ1) is 19.2. The average molecular weight is 380 g/mol. The van der Waals surface area contributed by atoms with E-state index in [2.05, 4.69) is 5.32 Å². The Morgan fingerprint density at radius 1 is 1.14 bits per heavy atom. The highest BCUT2D eigenvalue weighted by atomic mass is 16.5. The van der Waals surface area contributed by atoms with Gasteiger partial charge in [0.15, 0.2) is 0 Å². The zero-order valence-electron chi connectivity index (χ0n) is 15.3. The van der Waals surface area contributed by atoms with Crippen molar-refractivity contribution in [1.29, 1.82) is 0 Å². The number of amides is 3. The molecular formula is C21H20N2O5. The fraction of sp³-hybridized carbons (Fsp3) is 0.190. The maximum atomic E-state index is 12.4. The summed E-state index contributed by atoms with van der Waals surface area (Å²) in [5.74, 6) is -0.788. The maximum absolute atomic E-state index is 12.4. The zero-order valence-corrected chi connectivity index (χ0v) is 15.3. The Hall–Kier alpha value is -3.61. The van der Waals surface area contributed by atoms with E-state index in [-0.39, 0.29) is 23.8 Å². The number of urea groups is 1. The van der Waals surface area contributed by atoms with Crippen molar-refractivity contribution in [3.05, 3.63) is 70.9 Å². The third kappa shape index (κ3) is 4.20. The first-order chi connectivity index (χ1) is 13.5. The van der Waals surface area contributed by atoms with Crippen molar-refractivity contribution in [2.75, 3.05) is 6.54 Å². The molecule has 1 fully saturated rings. The highest BCUT2D eigenvalue weighted by molar-refractivity contribution is 6.14. The van der Waals surface area contributed by atoms with Gasteiger partial charge in [-0.05, 0) is 36.3 Å². The highest BCUT2D eigenvalue weighted by Gasteiger charge is 2.32. The smallest absolute Gasteiger partial charge is 0.335 e. The van der Waals surface area contributed by atoms with Gasteiger partial charge >= 0.3 is 12.0 Å². The largest absolute Gasteiger partial charge is 0.488 e. The lowest BCUT2D eigenvalue weighted by atomic mass is 10.1. The third-order valence-corrected chi connectivity index (χ3v) is 4.22. The van der Waals surface area contributed by atoms with Gasteiger partial charge in [0.1, 0.15) is 18.1 Å². The van der Waals surface area contributed by atoms with Crippen molar-refractivity contribution in [3.8, 4) is 5.75 Å². The second-order valence-corrected chi connectivity index (χ2v) is 6.27. The van der Waals surface area contributed by atoms with E-state index in [1.807, 2.05) is 19.1 Å². The Balaban J connectivity index is 1.75. The normalized spacial score (nSPS) is 15.0. The first-order valence-electron chi connectivity index (χ1n) is 8.88. The molecule has 2 N–H and O–H groups in total. The minimum absolute atomic E-state index is 0.209. The Bertz CT molecular complexity index is 934. The van der Waals surface area contributed by atoms with Gasteiger partial charge in [0.25, 0.3) is 5.91 Å². The molecule has 2 aromatic carbocycles. The van der Waals surface area contributed by atoms with Crippen molar-refractivity contribution in [3.63, 3.8) is 0 Å². The van der Waals surface area contributed by atoms with Gasteiger partial charge in [0.05, 0.1) is 5.56 Å². The van der Waals surface area contributed by atoms with E-state index in [0.29, 0.717) is 24.3 Å². The van der Waals surface area contributed by atoms with Crippen LogP contribution in [0.3, 0.4) is 0 Å². The van der Waals surface area contributed by atoms with Crippen LogP contribution in [0.1, 0.15) is 34.8 Å². The second-order valence-electron chi connectivity index (χ2n) is 6.27. The van der Waals surface area contributed by atoms with E-state index in [4.69, 9.17) is 9.84 Å². The molecule has 0 saturated carbocycles. The van der Waals surface area contributed by atoms with Crippen molar-refractivity contribution >= 4 is 24.0 Å². The van der Waals surface area contributed by atoms with Gasteiger partial charge in [-0.25, -0.2) is 9.59 Å². The SMILES string of the molecule is CCCN1C(=O)N/C(=C\c2ccccc2OCc2ccc(C(=O)O)cc2)C1=O. The summed E-state index contributed by atoms with van der Waals surface area (Å²) >= 11 is 0. The average Bonchev–Trinajstić information content (AvgIpc) is 2.95. The molecule has 0 radical (unpaired) electrons. The molecule has 1 heterocycles. The Morgan fingerprint density at radius 3 is 2.54 bits per heavy atom. The molecule has 0 aromatic heterocycles. The number of carboxylic acid groups (broad SMARTS) is 1. The van der Waals surface area contributed by atoms with E-state index in [1.165, 1.54) is 17.0 Å². The first-order valence-corrected chi connectivity index (χ1v) is 8.88. The topological polar surface area (TPSA) is 95.9 Å². The summed E-state index contributed by atoms with van der Waals surface area (Å²) in [4.78, 5) is 36.4. The number of nitrogens with zero attached hydrogens (tertiary/aromatic N) is 1. The van der Waals surface area contributed by atoms with E-state index in [9.17, 15) is 14.4 Å². The van der Waals surface area contributed by atoms with E-state index in [1.54, 1.807) is 30.3 Å². The summed E-state index contributed by atoms with van der Waals surface area (Å²) in [6.07, 6.45) is 2.28. The van der Waals surface area contributed by atoms with Gasteiger partial charge in [0.2, 0.25) is 0 Å². The van der Waals surface area contributed by atoms with Gasteiger partial charge in [-0.1, -0.05) is 37.3 Å². The van der Waals surface area contributed by atoms with Crippen LogP contribution >= 0.6 is 0 Å². The summed E-state index contributed by atoms with van der Waals surface area (Å²) in [5.41, 5.74) is 1.89. The van der Waals surface area contributed by atoms with Gasteiger partial charge in [-0.3, -0.25) is 9.69 Å². The standard InChI is InChI=1S/C21H20N2O5/c1-2-11-23-19(24)17(22-21(23)27)12-16-5-3-4-6-18(16)28-13-14-7-9-15(10-8-14)20(25)26/h3-10,12H,2,11,13H2,1H3,(H,22,27)(H,25,26)/b17-12-. The molecule has 144 valence electrons. The van der Waals surface area contributed by atoms with Crippen LogP contribution in [-0.2, 0) is 11.4 Å². The predicted octanol–water partition coefficient (Wildman–Crippen LogP) is 3.27. The van der Waals surface area contributed by atoms with Gasteiger partial charge in [0, 0.05) is 12.1 Å². The van der Waals surface area contributed by atoms with Crippen molar-refractivity contribution in [2.45, 2.75) is 20.0 Å². The third-order valence-electron chi connectivity index (χ3n) is 4.22. The maximum Gasteiger partial charge on any atom is 0.335 e. The van der Waals surface area contributed by atoms with Crippen molar-refractivity contribution < 1.29 is 24.2 Å². The number of nitrogens with one attached hydrogen (secondary N) is 1. The lowest BCUT2D eigenvalue weighted by Crippen LogP contribution is -2.31. The lowest BCUT2D eigenvalue weighted by Gasteiger charge is -2.10. The number of hydrogen-bond acceptors (Lipinski definition) is 4. The number of para-hydroxylation sites is 1. The van der Waals surface area contributed by atoms with Crippen LogP contribution in [0.4, 0.5) is 4.79 Å². The number of carboxylic acids is 1. The summed E-state index contributed by atoms with van der Waals surface area (Å²) in [6, 6.07) is 13.2. The molecule has 1 aliphatic heterocycles. The number of rotatable bonds is 7. The molecule has 1 saturated heterocycles. The van der Waals surface area contributed by atoms with E-state index in [0.717, 1.165) is 5.56 Å². The summed E-state index contributed by atoms with van der Waals surface area (Å²) in [7, 11) is 0. The van der Waals surface area contributed by atoms with Crippen LogP contribution in [0.15, 0.2) is 54.2 Å². The van der Waals surface area contributed by atoms with Crippen LogP contribution in [0.25, 0.3) is 6.08 Å². The monoisotopic (exact) mass is 380 g/mol. The second kappa shape index (κ2) is 8.39. The predicted molar refractivity (Wildman–Crippen MR) is 103 cm³/mol. The summed E-state index contributed by atoms with van der Waals surface area (Å²) < 4.78 is 5.84. The Labute approximate surface area is 162 Å². The molecular weight excluding hydrogens is 360 g/mol. The Kier molecular flexibility index (Phi) is 5.74. The van der Waals surface area contributed by atoms with Crippen LogP contribution in [0.2, 0.25) is 0 Å². The van der Waals surface area contributed by atoms with Crippen LogP contribution in [-0.4, -0.2) is 34.5 Å². The van der Waals surface area contributed by atoms with Gasteiger partial charge in [-0.2, -0.15) is 0 Å². The number of aromatic carboxylic acids is 1. The minimum atomic E-state index is -0.982. The molecule has 3 rings (SSSR count). The highest BCUT2D eigenvalue weighted by Crippen LogP contribution is 2.24. The molecule has 0 aliphatic carbocycles. The number of imide groups is 1. The number of carbonyl (C=O) groups is 3. The Morgan fingerprint density at radius 2 is 1.86 bits per heavy atom. The molecule has 3 amide bonds. The number of hydrogen-bond donors (Lipinski definition) is 2. The number of ether oxygens (including phenoxy) is 1. The molecule has 0 unspecified atom stereocenters. The summed E-state index contributed by atoms with van der Waals surface area (Å²) in [5, 5.41) is 11.5. The van der Waals surface area contributed by atoms with Crippen molar-refractivity contribution in [1.82, 2.24) is 10.2 Å². The van der Waals surface area contributed by atoms with Crippen LogP contribution in [0.5, 0.6) is 5.75 Å². The molecule has 2 aromatic rings. The number of carbonyl (C=O) groups excluding carboxylic acids is 2. The lowest BCUT2D eigenvalue weighted by molar-refractivity contribution is -0.122. The molecule has 28 heavy (non-hydrogen) atoms. The van der Waals surface area contributed by atoms with Gasteiger partial charge < -0.3 is 15.2 Å². The molecule has 0 atom stereocenters. The summed E-state index contributed by atoms with van der Waals surface area (Å²) in [6.45, 7) is 2.50. The van der Waals surface area contributed by atoms with E-state index < -0.39 is 12.0 Å². The quantitative estimate of drug-likeness (QED) is 0.568.